The van der Waals surface area contributed by atoms with Crippen LogP contribution in [0.25, 0.3) is 6.08 Å². The zero-order valence-electron chi connectivity index (χ0n) is 23.4. The largest absolute Gasteiger partial charge is 0.508 e. The molecule has 39 heavy (non-hydrogen) atoms. The molecule has 0 radical (unpaired) electrons. The Labute approximate surface area is 231 Å². The van der Waals surface area contributed by atoms with E-state index in [4.69, 9.17) is 4.74 Å². The number of amides is 3. The van der Waals surface area contributed by atoms with Crippen LogP contribution in [0, 0.1) is 0 Å². The number of aromatic hydroxyl groups is 1. The number of benzene rings is 2. The first-order chi connectivity index (χ1) is 18.5. The van der Waals surface area contributed by atoms with Crippen molar-refractivity contribution in [3.05, 3.63) is 71.8 Å². The molecule has 0 saturated heterocycles. The zero-order valence-corrected chi connectivity index (χ0v) is 23.4. The highest BCUT2D eigenvalue weighted by atomic mass is 16.6. The van der Waals surface area contributed by atoms with Gasteiger partial charge in [0.1, 0.15) is 23.4 Å². The molecular weight excluding hydrogens is 494 g/mol. The van der Waals surface area contributed by atoms with Crippen LogP contribution in [0.1, 0.15) is 76.1 Å². The van der Waals surface area contributed by atoms with E-state index in [0.29, 0.717) is 12.1 Å². The number of rotatable bonds is 12. The number of nitrogens with one attached hydrogen (secondary N) is 2. The summed E-state index contributed by atoms with van der Waals surface area (Å²) in [5.41, 5.74) is 1.52. The van der Waals surface area contributed by atoms with E-state index in [1.54, 1.807) is 43.9 Å². The lowest BCUT2D eigenvalue weighted by atomic mass is 9.98. The van der Waals surface area contributed by atoms with Gasteiger partial charge >= 0.3 is 6.09 Å². The fraction of sp³-hybridized carbons (Fsp3) is 0.452. The smallest absolute Gasteiger partial charge is 0.408 e. The van der Waals surface area contributed by atoms with Gasteiger partial charge in [-0.3, -0.25) is 9.59 Å². The second-order valence-corrected chi connectivity index (χ2v) is 11.0. The Kier molecular flexibility index (Phi) is 10.2. The first kappa shape index (κ1) is 29.7. The maximum absolute atomic E-state index is 14.3. The molecule has 8 heteroatoms. The summed E-state index contributed by atoms with van der Waals surface area (Å²) in [6.45, 7) is 11.7. The SMILES string of the molecule is C=Cc1cccc(C(C(=O)NCCCC)N(C(=O)C(Cc2ccc(O)cc2)NC(=O)OC(C)(C)C)C2CC2)c1. The minimum absolute atomic E-state index is 0.104. The Morgan fingerprint density at radius 3 is 2.44 bits per heavy atom. The Morgan fingerprint density at radius 2 is 1.85 bits per heavy atom. The molecule has 0 aromatic heterocycles. The summed E-state index contributed by atoms with van der Waals surface area (Å²) in [6.07, 6.45) is 4.44. The third-order valence-electron chi connectivity index (χ3n) is 6.38. The number of carbonyl (C=O) groups excluding carboxylic acids is 3. The van der Waals surface area contributed by atoms with E-state index in [1.165, 1.54) is 12.1 Å². The van der Waals surface area contributed by atoms with Gasteiger partial charge in [0, 0.05) is 19.0 Å². The lowest BCUT2D eigenvalue weighted by Crippen LogP contribution is -2.54. The van der Waals surface area contributed by atoms with E-state index in [1.807, 2.05) is 31.2 Å². The summed E-state index contributed by atoms with van der Waals surface area (Å²) in [6, 6.07) is 11.9. The van der Waals surface area contributed by atoms with Crippen molar-refractivity contribution in [3.8, 4) is 5.75 Å². The van der Waals surface area contributed by atoms with Gasteiger partial charge in [0.2, 0.25) is 11.8 Å². The number of alkyl carbamates (subject to hydrolysis) is 1. The lowest BCUT2D eigenvalue weighted by molar-refractivity contribution is -0.143. The number of phenols is 1. The van der Waals surface area contributed by atoms with Crippen molar-refractivity contribution in [1.29, 1.82) is 0 Å². The summed E-state index contributed by atoms with van der Waals surface area (Å²) in [7, 11) is 0. The fourth-order valence-corrected chi connectivity index (χ4v) is 4.35. The highest BCUT2D eigenvalue weighted by Crippen LogP contribution is 2.36. The average Bonchev–Trinajstić information content (AvgIpc) is 3.72. The second kappa shape index (κ2) is 13.3. The van der Waals surface area contributed by atoms with Crippen LogP contribution in [0.2, 0.25) is 0 Å². The van der Waals surface area contributed by atoms with E-state index in [-0.39, 0.29) is 30.0 Å². The third-order valence-corrected chi connectivity index (χ3v) is 6.38. The molecule has 2 aromatic rings. The van der Waals surface area contributed by atoms with E-state index in [2.05, 4.69) is 17.2 Å². The molecule has 8 nitrogen and oxygen atoms in total. The first-order valence-electron chi connectivity index (χ1n) is 13.6. The van der Waals surface area contributed by atoms with Gasteiger partial charge < -0.3 is 25.4 Å². The van der Waals surface area contributed by atoms with Gasteiger partial charge in [-0.15, -0.1) is 0 Å². The van der Waals surface area contributed by atoms with Crippen molar-refractivity contribution in [2.75, 3.05) is 6.54 Å². The first-order valence-corrected chi connectivity index (χ1v) is 13.6. The summed E-state index contributed by atoms with van der Waals surface area (Å²) in [4.78, 5) is 42.4. The molecular formula is C31H41N3O5. The van der Waals surface area contributed by atoms with Gasteiger partial charge in [-0.05, 0) is 74.9 Å². The van der Waals surface area contributed by atoms with Crippen molar-refractivity contribution >= 4 is 24.0 Å². The van der Waals surface area contributed by atoms with Crippen molar-refractivity contribution in [1.82, 2.24) is 15.5 Å². The molecule has 3 amide bonds. The summed E-state index contributed by atoms with van der Waals surface area (Å²) in [5, 5.41) is 15.5. The lowest BCUT2D eigenvalue weighted by Gasteiger charge is -2.35. The molecule has 1 fully saturated rings. The number of nitrogens with zero attached hydrogens (tertiary/aromatic N) is 1. The molecule has 3 N–H and O–H groups in total. The van der Waals surface area contributed by atoms with Crippen LogP contribution in [0.3, 0.4) is 0 Å². The van der Waals surface area contributed by atoms with Crippen LogP contribution in [0.15, 0.2) is 55.1 Å². The van der Waals surface area contributed by atoms with Gasteiger partial charge in [0.15, 0.2) is 0 Å². The van der Waals surface area contributed by atoms with Crippen LogP contribution >= 0.6 is 0 Å². The number of unbranched alkanes of at least 4 members (excludes halogenated alkanes) is 1. The summed E-state index contributed by atoms with van der Waals surface area (Å²) < 4.78 is 5.47. The predicted octanol–water partition coefficient (Wildman–Crippen LogP) is 5.12. The fourth-order valence-electron chi connectivity index (χ4n) is 4.35. The minimum Gasteiger partial charge on any atom is -0.508 e. The van der Waals surface area contributed by atoms with Crippen LogP contribution in [-0.4, -0.2) is 52.1 Å². The van der Waals surface area contributed by atoms with Gasteiger partial charge in [-0.2, -0.15) is 0 Å². The molecule has 1 aliphatic rings. The maximum atomic E-state index is 14.3. The Bertz CT molecular complexity index is 1150. The molecule has 2 atom stereocenters. The predicted molar refractivity (Wildman–Crippen MR) is 152 cm³/mol. The van der Waals surface area contributed by atoms with E-state index in [0.717, 1.165) is 36.8 Å². The normalized spacial score (nSPS) is 14.6. The van der Waals surface area contributed by atoms with E-state index < -0.39 is 23.8 Å². The zero-order chi connectivity index (χ0) is 28.6. The number of ether oxygens (including phenoxy) is 1. The molecule has 1 saturated carbocycles. The van der Waals surface area contributed by atoms with Crippen LogP contribution < -0.4 is 10.6 Å². The Balaban J connectivity index is 2.00. The van der Waals surface area contributed by atoms with Crippen LogP contribution in [-0.2, 0) is 20.7 Å². The molecule has 0 aliphatic heterocycles. The van der Waals surface area contributed by atoms with Crippen molar-refractivity contribution in [2.24, 2.45) is 0 Å². The second-order valence-electron chi connectivity index (χ2n) is 11.0. The summed E-state index contributed by atoms with van der Waals surface area (Å²) in [5.74, 6) is -0.520. The number of carbonyl (C=O) groups is 3. The molecule has 3 rings (SSSR count). The monoisotopic (exact) mass is 535 g/mol. The van der Waals surface area contributed by atoms with Gasteiger partial charge in [0.25, 0.3) is 0 Å². The Morgan fingerprint density at radius 1 is 1.15 bits per heavy atom. The molecule has 0 bridgehead atoms. The van der Waals surface area contributed by atoms with E-state index in [9.17, 15) is 19.5 Å². The minimum atomic E-state index is -0.987. The Hall–Kier alpha value is -3.81. The van der Waals surface area contributed by atoms with Crippen LogP contribution in [0.5, 0.6) is 5.75 Å². The van der Waals surface area contributed by atoms with Gasteiger partial charge in [-0.25, -0.2) is 4.79 Å². The standard InChI is InChI=1S/C31H41N3O5/c1-6-8-18-32-28(36)27(23-11-9-10-21(7-2)19-23)34(24-14-15-24)29(37)26(33-30(38)39-31(3,4)5)20-22-12-16-25(35)17-13-22/h7,9-13,16-17,19,24,26-27,35H,2,6,8,14-15,18,20H2,1,3-5H3,(H,32,36)(H,33,38). The summed E-state index contributed by atoms with van der Waals surface area (Å²) >= 11 is 0. The number of phenolic OH excluding ortho intramolecular Hbond substituents is 1. The van der Waals surface area contributed by atoms with Gasteiger partial charge in [-0.1, -0.05) is 56.3 Å². The molecule has 1 aliphatic carbocycles. The molecule has 2 unspecified atom stereocenters. The third kappa shape index (κ3) is 8.87. The van der Waals surface area contributed by atoms with Crippen molar-refractivity contribution < 1.29 is 24.2 Å². The van der Waals surface area contributed by atoms with Crippen molar-refractivity contribution in [2.45, 2.75) is 83.5 Å². The quantitative estimate of drug-likeness (QED) is 0.327. The molecule has 0 spiro atoms. The maximum Gasteiger partial charge on any atom is 0.408 e. The van der Waals surface area contributed by atoms with E-state index >= 15 is 0 Å². The number of hydrogen-bond acceptors (Lipinski definition) is 5. The molecule has 210 valence electrons. The highest BCUT2D eigenvalue weighted by molar-refractivity contribution is 5.93. The highest BCUT2D eigenvalue weighted by Gasteiger charge is 2.44. The van der Waals surface area contributed by atoms with Crippen LogP contribution in [0.4, 0.5) is 4.79 Å². The topological polar surface area (TPSA) is 108 Å². The average molecular weight is 536 g/mol. The van der Waals surface area contributed by atoms with Gasteiger partial charge in [0.05, 0.1) is 0 Å². The number of hydrogen-bond donors (Lipinski definition) is 3. The molecule has 0 heterocycles. The van der Waals surface area contributed by atoms with Crippen molar-refractivity contribution in [3.63, 3.8) is 0 Å². The molecule has 2 aromatic carbocycles.